The predicted molar refractivity (Wildman–Crippen MR) is 121 cm³/mol. The average Bonchev–Trinajstić information content (AvgIpc) is 2.77. The minimum absolute atomic E-state index is 0.277. The van der Waals surface area contributed by atoms with Crippen LogP contribution in [0.4, 0.5) is 5.69 Å². The number of esters is 1. The molecule has 1 aliphatic carbocycles. The molecule has 1 N–H and O–H groups in total. The first-order valence-corrected chi connectivity index (χ1v) is 9.91. The van der Waals surface area contributed by atoms with Crippen LogP contribution in [-0.4, -0.2) is 27.2 Å². The minimum Gasteiger partial charge on any atom is -0.465 e. The van der Waals surface area contributed by atoms with Crippen LogP contribution in [-0.2, 0) is 4.74 Å². The number of halogens is 2. The molecule has 0 saturated heterocycles. The molecule has 1 heterocycles. The zero-order valence-electron chi connectivity index (χ0n) is 16.5. The summed E-state index contributed by atoms with van der Waals surface area (Å²) in [6, 6.07) is 14.7. The molecule has 0 radical (unpaired) electrons. The lowest BCUT2D eigenvalue weighted by Gasteiger charge is -2.18. The van der Waals surface area contributed by atoms with E-state index in [0.29, 0.717) is 27.5 Å². The summed E-state index contributed by atoms with van der Waals surface area (Å²) in [5, 5.41) is 5.34. The van der Waals surface area contributed by atoms with Crippen LogP contribution in [0.25, 0.3) is 33.4 Å². The van der Waals surface area contributed by atoms with Crippen molar-refractivity contribution in [3.8, 4) is 22.5 Å². The molecule has 0 unspecified atom stereocenters. The van der Waals surface area contributed by atoms with Gasteiger partial charge in [-0.15, -0.1) is 0 Å². The fraction of sp³-hybridized carbons (Fsp3) is 0.130. The molecule has 1 aliphatic heterocycles. The van der Waals surface area contributed by atoms with E-state index in [4.69, 9.17) is 32.4 Å². The Balaban J connectivity index is 2.19. The fourth-order valence-corrected chi connectivity index (χ4v) is 3.82. The number of methoxy groups -OCH3 is 1. The van der Waals surface area contributed by atoms with Crippen molar-refractivity contribution in [2.75, 3.05) is 26.5 Å². The molecule has 5 nitrogen and oxygen atoms in total. The Morgan fingerprint density at radius 3 is 2.50 bits per heavy atom. The maximum Gasteiger partial charge on any atom is 0.338 e. The Morgan fingerprint density at radius 1 is 1.03 bits per heavy atom. The van der Waals surface area contributed by atoms with Gasteiger partial charge in [0, 0.05) is 48.4 Å². The Hall–Kier alpha value is -3.02. The van der Waals surface area contributed by atoms with Crippen LogP contribution in [0.5, 0.6) is 0 Å². The average molecular weight is 441 g/mol. The lowest BCUT2D eigenvalue weighted by atomic mass is 9.90. The lowest BCUT2D eigenvalue weighted by molar-refractivity contribution is 0.0601. The van der Waals surface area contributed by atoms with Crippen LogP contribution < -0.4 is 10.7 Å². The van der Waals surface area contributed by atoms with Gasteiger partial charge in [-0.3, -0.25) is 4.99 Å². The van der Waals surface area contributed by atoms with Gasteiger partial charge in [0.05, 0.1) is 28.1 Å². The van der Waals surface area contributed by atoms with E-state index >= 15 is 0 Å². The van der Waals surface area contributed by atoms with Crippen LogP contribution in [0, 0.1) is 0 Å². The maximum absolute atomic E-state index is 12.6. The number of ether oxygens (including phenoxy) is 1. The van der Waals surface area contributed by atoms with E-state index in [9.17, 15) is 4.79 Å². The second-order valence-electron chi connectivity index (χ2n) is 6.65. The molecule has 0 saturated carbocycles. The molecule has 0 atom stereocenters. The van der Waals surface area contributed by atoms with Gasteiger partial charge in [-0.1, -0.05) is 23.2 Å². The number of rotatable bonds is 3. The monoisotopic (exact) mass is 440 g/mol. The van der Waals surface area contributed by atoms with Crippen LogP contribution >= 0.6 is 23.2 Å². The predicted octanol–water partition coefficient (Wildman–Crippen LogP) is 5.87. The summed E-state index contributed by atoms with van der Waals surface area (Å²) in [6.45, 7) is 0. The van der Waals surface area contributed by atoms with E-state index in [1.807, 2.05) is 43.4 Å². The summed E-state index contributed by atoms with van der Waals surface area (Å²) < 4.78 is 11.2. The van der Waals surface area contributed by atoms with Crippen LogP contribution in [0.15, 0.2) is 57.9 Å². The number of fused-ring (bicyclic) bond motifs is 2. The molecule has 2 aromatic carbocycles. The van der Waals surface area contributed by atoms with Gasteiger partial charge in [-0.2, -0.15) is 0 Å². The highest BCUT2D eigenvalue weighted by Gasteiger charge is 2.23. The Morgan fingerprint density at radius 2 is 1.80 bits per heavy atom. The van der Waals surface area contributed by atoms with Gasteiger partial charge < -0.3 is 14.5 Å². The molecule has 0 spiro atoms. The number of benzene rings is 3. The van der Waals surface area contributed by atoms with Gasteiger partial charge in [0.25, 0.3) is 0 Å². The maximum atomic E-state index is 12.6. The standard InChI is InChI=1S/C23H18Cl2N2O3/c1-26-12-4-6-14-20(8-12)30-21-9-13(27-2)5-7-15(21)22(14)16-10-18(24)19(25)11-17(16)23(28)29-3/h4-11,26H,1-3H3. The third-order valence-electron chi connectivity index (χ3n) is 4.99. The van der Waals surface area contributed by atoms with Gasteiger partial charge in [-0.25, -0.2) is 4.79 Å². The van der Waals surface area contributed by atoms with E-state index in [1.54, 1.807) is 13.1 Å². The van der Waals surface area contributed by atoms with Gasteiger partial charge in [0.15, 0.2) is 0 Å². The SMILES string of the molecule is CN=c1ccc2c(-c3cc(Cl)c(Cl)cc3C(=O)OC)c3ccc(NC)cc3oc-2c1. The summed E-state index contributed by atoms with van der Waals surface area (Å²) in [6.07, 6.45) is 0. The first-order valence-electron chi connectivity index (χ1n) is 9.15. The van der Waals surface area contributed by atoms with Crippen molar-refractivity contribution >= 4 is 45.8 Å². The number of carbonyl (C=O) groups excluding carboxylic acids is 1. The third kappa shape index (κ3) is 3.40. The largest absolute Gasteiger partial charge is 0.465 e. The van der Waals surface area contributed by atoms with Crippen molar-refractivity contribution in [1.82, 2.24) is 0 Å². The van der Waals surface area contributed by atoms with Crippen LogP contribution in [0.3, 0.4) is 0 Å². The van der Waals surface area contributed by atoms with Crippen molar-refractivity contribution in [2.24, 2.45) is 4.99 Å². The summed E-state index contributed by atoms with van der Waals surface area (Å²) >= 11 is 12.6. The van der Waals surface area contributed by atoms with E-state index in [2.05, 4.69) is 10.3 Å². The second-order valence-corrected chi connectivity index (χ2v) is 7.46. The molecule has 7 heteroatoms. The van der Waals surface area contributed by atoms with Crippen molar-refractivity contribution in [3.05, 3.63) is 69.5 Å². The molecule has 152 valence electrons. The lowest BCUT2D eigenvalue weighted by Crippen LogP contribution is -2.06. The van der Waals surface area contributed by atoms with Gasteiger partial charge >= 0.3 is 5.97 Å². The molecule has 2 aliphatic rings. The smallest absolute Gasteiger partial charge is 0.338 e. The molecular weight excluding hydrogens is 423 g/mol. The first-order chi connectivity index (χ1) is 14.5. The van der Waals surface area contributed by atoms with Gasteiger partial charge in [0.1, 0.15) is 11.3 Å². The van der Waals surface area contributed by atoms with Gasteiger partial charge in [-0.05, 0) is 42.0 Å². The number of anilines is 1. The Bertz CT molecular complexity index is 1330. The normalized spacial score (nSPS) is 11.8. The summed E-state index contributed by atoms with van der Waals surface area (Å²) in [5.41, 5.74) is 4.10. The molecule has 4 rings (SSSR count). The van der Waals surface area contributed by atoms with E-state index in [-0.39, 0.29) is 5.02 Å². The molecule has 0 amide bonds. The zero-order chi connectivity index (χ0) is 21.4. The molecule has 0 fully saturated rings. The van der Waals surface area contributed by atoms with Crippen LogP contribution in [0.1, 0.15) is 10.4 Å². The summed E-state index contributed by atoms with van der Waals surface area (Å²) in [4.78, 5) is 16.8. The number of hydrogen-bond acceptors (Lipinski definition) is 5. The highest BCUT2D eigenvalue weighted by Crippen LogP contribution is 2.43. The molecule has 0 bridgehead atoms. The van der Waals surface area contributed by atoms with Crippen LogP contribution in [0.2, 0.25) is 10.0 Å². The van der Waals surface area contributed by atoms with Gasteiger partial charge in [0.2, 0.25) is 0 Å². The number of nitrogens with zero attached hydrogens (tertiary/aromatic N) is 1. The molecule has 30 heavy (non-hydrogen) atoms. The number of nitrogens with one attached hydrogen (secondary N) is 1. The van der Waals surface area contributed by atoms with Crippen molar-refractivity contribution in [3.63, 3.8) is 0 Å². The topological polar surface area (TPSA) is 63.8 Å². The molecular formula is C23H18Cl2N2O3. The third-order valence-corrected chi connectivity index (χ3v) is 5.71. The molecule has 2 aromatic rings. The van der Waals surface area contributed by atoms with E-state index < -0.39 is 5.97 Å². The Kier molecular flexibility index (Phi) is 5.41. The summed E-state index contributed by atoms with van der Waals surface area (Å²) in [5.74, 6) is 0.133. The quantitative estimate of drug-likeness (QED) is 0.319. The highest BCUT2D eigenvalue weighted by molar-refractivity contribution is 6.42. The summed E-state index contributed by atoms with van der Waals surface area (Å²) in [7, 11) is 4.89. The molecule has 0 aromatic heterocycles. The fourth-order valence-electron chi connectivity index (χ4n) is 3.50. The Labute approximate surface area is 183 Å². The highest BCUT2D eigenvalue weighted by atomic mass is 35.5. The second kappa shape index (κ2) is 8.01. The van der Waals surface area contributed by atoms with E-state index in [0.717, 1.165) is 27.6 Å². The minimum atomic E-state index is -0.502. The van der Waals surface area contributed by atoms with Crippen molar-refractivity contribution < 1.29 is 13.9 Å². The number of carbonyl (C=O) groups is 1. The van der Waals surface area contributed by atoms with Crippen molar-refractivity contribution in [2.45, 2.75) is 0 Å². The zero-order valence-corrected chi connectivity index (χ0v) is 18.1. The number of hydrogen-bond donors (Lipinski definition) is 1. The van der Waals surface area contributed by atoms with Crippen molar-refractivity contribution in [1.29, 1.82) is 0 Å². The van der Waals surface area contributed by atoms with E-state index in [1.165, 1.54) is 13.2 Å². The first kappa shape index (κ1) is 20.3.